The van der Waals surface area contributed by atoms with Crippen molar-refractivity contribution in [1.82, 2.24) is 15.3 Å². The zero-order valence-corrected chi connectivity index (χ0v) is 15.2. The molecular weight excluding hydrogens is 309 g/mol. The number of hydrogen-bond acceptors (Lipinski definition) is 2. The second kappa shape index (κ2) is 5.74. The van der Waals surface area contributed by atoms with E-state index in [1.165, 1.54) is 12.1 Å². The summed E-state index contributed by atoms with van der Waals surface area (Å²) in [6, 6.07) is 4.48. The molecule has 0 atom stereocenters. The summed E-state index contributed by atoms with van der Waals surface area (Å²) in [5.74, 6) is -0.422. The molecule has 0 spiro atoms. The summed E-state index contributed by atoms with van der Waals surface area (Å²) in [5.41, 5.74) is 1.92. The van der Waals surface area contributed by atoms with Gasteiger partial charge in [-0.05, 0) is 38.3 Å². The Bertz CT molecular complexity index is 759. The molecule has 0 aliphatic carbocycles. The number of aryl methyl sites for hydroxylation is 2. The first-order valence-electron chi connectivity index (χ1n) is 8.23. The van der Waals surface area contributed by atoms with E-state index in [0.29, 0.717) is 28.0 Å². The van der Waals surface area contributed by atoms with E-state index in [1.54, 1.807) is 19.9 Å². The maximum atomic E-state index is 13.9. The SMILES string of the molecule is Cc1nc2[nH]c(C(=O)NC3CC[Si](C)(C)CC3)cc2c(C)c1F. The van der Waals surface area contributed by atoms with Crippen LogP contribution in [0.1, 0.15) is 34.6 Å². The zero-order valence-electron chi connectivity index (χ0n) is 14.2. The number of hydrogen-bond donors (Lipinski definition) is 2. The lowest BCUT2D eigenvalue weighted by Crippen LogP contribution is -2.42. The lowest BCUT2D eigenvalue weighted by Gasteiger charge is -2.33. The number of H-pyrrole nitrogens is 1. The van der Waals surface area contributed by atoms with Gasteiger partial charge in [0.1, 0.15) is 17.2 Å². The average Bonchev–Trinajstić information content (AvgIpc) is 2.91. The molecule has 1 fully saturated rings. The number of fused-ring (bicyclic) bond motifs is 1. The van der Waals surface area contributed by atoms with Crippen molar-refractivity contribution in [3.8, 4) is 0 Å². The molecule has 6 heteroatoms. The molecule has 2 aromatic heterocycles. The number of carbonyl (C=O) groups is 1. The summed E-state index contributed by atoms with van der Waals surface area (Å²) < 4.78 is 13.9. The van der Waals surface area contributed by atoms with Gasteiger partial charge in [-0.3, -0.25) is 4.79 Å². The number of carbonyl (C=O) groups excluding carboxylic acids is 1. The number of pyridine rings is 1. The molecule has 2 aromatic rings. The molecule has 3 heterocycles. The Morgan fingerprint density at radius 1 is 1.35 bits per heavy atom. The fourth-order valence-corrected chi connectivity index (χ4v) is 5.86. The van der Waals surface area contributed by atoms with Crippen molar-refractivity contribution in [2.75, 3.05) is 0 Å². The van der Waals surface area contributed by atoms with Gasteiger partial charge in [0, 0.05) is 19.5 Å². The second-order valence-corrected chi connectivity index (χ2v) is 12.8. The van der Waals surface area contributed by atoms with Crippen LogP contribution in [0.4, 0.5) is 4.39 Å². The molecule has 0 unspecified atom stereocenters. The van der Waals surface area contributed by atoms with E-state index in [4.69, 9.17) is 0 Å². The fourth-order valence-electron chi connectivity index (χ4n) is 3.35. The molecule has 0 bridgehead atoms. The van der Waals surface area contributed by atoms with Crippen LogP contribution in [-0.2, 0) is 0 Å². The quantitative estimate of drug-likeness (QED) is 0.818. The van der Waals surface area contributed by atoms with Gasteiger partial charge >= 0.3 is 0 Å². The zero-order chi connectivity index (χ0) is 16.8. The van der Waals surface area contributed by atoms with E-state index in [-0.39, 0.29) is 17.8 Å². The van der Waals surface area contributed by atoms with Crippen molar-refractivity contribution in [3.63, 3.8) is 0 Å². The van der Waals surface area contributed by atoms with E-state index >= 15 is 0 Å². The molecule has 1 saturated heterocycles. The summed E-state index contributed by atoms with van der Waals surface area (Å²) in [5, 5.41) is 3.79. The highest BCUT2D eigenvalue weighted by molar-refractivity contribution is 6.77. The molecular formula is C17H24FN3OSi. The Labute approximate surface area is 136 Å². The van der Waals surface area contributed by atoms with Crippen LogP contribution in [-0.4, -0.2) is 30.0 Å². The van der Waals surface area contributed by atoms with E-state index in [9.17, 15) is 9.18 Å². The Morgan fingerprint density at radius 2 is 2.00 bits per heavy atom. The van der Waals surface area contributed by atoms with Crippen LogP contribution in [0.15, 0.2) is 6.07 Å². The van der Waals surface area contributed by atoms with Gasteiger partial charge in [-0.25, -0.2) is 9.37 Å². The van der Waals surface area contributed by atoms with Gasteiger partial charge in [0.15, 0.2) is 0 Å². The first-order valence-corrected chi connectivity index (χ1v) is 11.6. The number of aromatic nitrogens is 2. The summed E-state index contributed by atoms with van der Waals surface area (Å²) in [4.78, 5) is 19.7. The number of halogens is 1. The fraction of sp³-hybridized carbons (Fsp3) is 0.529. The third-order valence-electron chi connectivity index (χ3n) is 5.05. The Hall–Kier alpha value is -1.69. The van der Waals surface area contributed by atoms with Gasteiger partial charge in [0.25, 0.3) is 5.91 Å². The molecule has 1 amide bonds. The number of amides is 1. The first kappa shape index (κ1) is 16.2. The number of nitrogens with one attached hydrogen (secondary N) is 2. The molecule has 3 rings (SSSR count). The van der Waals surface area contributed by atoms with Crippen molar-refractivity contribution in [2.24, 2.45) is 0 Å². The standard InChI is InChI=1S/C17H24FN3OSi/c1-10-13-9-14(21-16(13)19-11(2)15(10)18)17(22)20-12-5-7-23(3,4)8-6-12/h9,12H,5-8H2,1-4H3,(H,19,21)(H,20,22). The summed E-state index contributed by atoms with van der Waals surface area (Å²) in [7, 11) is -1.02. The summed E-state index contributed by atoms with van der Waals surface area (Å²) >= 11 is 0. The second-order valence-electron chi connectivity index (χ2n) is 7.49. The summed E-state index contributed by atoms with van der Waals surface area (Å²) in [6.07, 6.45) is 2.13. The number of aromatic amines is 1. The molecule has 0 aromatic carbocycles. The van der Waals surface area contributed by atoms with Gasteiger partial charge in [0.05, 0.1) is 5.69 Å². The molecule has 23 heavy (non-hydrogen) atoms. The average molecular weight is 333 g/mol. The van der Waals surface area contributed by atoms with E-state index < -0.39 is 8.07 Å². The predicted octanol–water partition coefficient (Wildman–Crippen LogP) is 3.92. The van der Waals surface area contributed by atoms with E-state index in [0.717, 1.165) is 12.8 Å². The molecule has 124 valence electrons. The van der Waals surface area contributed by atoms with Crippen molar-refractivity contribution < 1.29 is 9.18 Å². The van der Waals surface area contributed by atoms with Gasteiger partial charge < -0.3 is 10.3 Å². The van der Waals surface area contributed by atoms with Crippen LogP contribution in [0.2, 0.25) is 25.2 Å². The summed E-state index contributed by atoms with van der Waals surface area (Å²) in [6.45, 7) is 8.17. The molecule has 1 aliphatic heterocycles. The minimum atomic E-state index is -1.02. The highest BCUT2D eigenvalue weighted by atomic mass is 28.3. The van der Waals surface area contributed by atoms with Gasteiger partial charge in [-0.15, -0.1) is 0 Å². The van der Waals surface area contributed by atoms with Crippen molar-refractivity contribution in [3.05, 3.63) is 28.8 Å². The number of rotatable bonds is 2. The van der Waals surface area contributed by atoms with Crippen molar-refractivity contribution in [1.29, 1.82) is 0 Å². The Morgan fingerprint density at radius 3 is 2.65 bits per heavy atom. The van der Waals surface area contributed by atoms with E-state index in [1.807, 2.05) is 0 Å². The highest BCUT2D eigenvalue weighted by Gasteiger charge is 2.29. The number of nitrogens with zero attached hydrogens (tertiary/aromatic N) is 1. The smallest absolute Gasteiger partial charge is 0.267 e. The third-order valence-corrected chi connectivity index (χ3v) is 8.33. The predicted molar refractivity (Wildman–Crippen MR) is 93.1 cm³/mol. The molecule has 0 saturated carbocycles. The first-order chi connectivity index (χ1) is 10.8. The highest BCUT2D eigenvalue weighted by Crippen LogP contribution is 2.28. The minimum Gasteiger partial charge on any atom is -0.348 e. The largest absolute Gasteiger partial charge is 0.348 e. The normalized spacial score (nSPS) is 18.3. The van der Waals surface area contributed by atoms with Crippen LogP contribution in [0.3, 0.4) is 0 Å². The lowest BCUT2D eigenvalue weighted by atomic mass is 10.1. The van der Waals surface area contributed by atoms with Crippen molar-refractivity contribution in [2.45, 2.75) is 57.9 Å². The third kappa shape index (κ3) is 3.17. The Balaban J connectivity index is 1.78. The monoisotopic (exact) mass is 333 g/mol. The van der Waals surface area contributed by atoms with Crippen molar-refractivity contribution >= 4 is 25.0 Å². The van der Waals surface area contributed by atoms with Crippen LogP contribution >= 0.6 is 0 Å². The van der Waals surface area contributed by atoms with Gasteiger partial charge in [-0.1, -0.05) is 25.2 Å². The van der Waals surface area contributed by atoms with Gasteiger partial charge in [-0.2, -0.15) is 0 Å². The Kier molecular flexibility index (Phi) is 4.04. The molecule has 1 aliphatic rings. The lowest BCUT2D eigenvalue weighted by molar-refractivity contribution is 0.0929. The molecule has 2 N–H and O–H groups in total. The molecule has 0 radical (unpaired) electrons. The van der Waals surface area contributed by atoms with Crippen LogP contribution in [0.5, 0.6) is 0 Å². The maximum Gasteiger partial charge on any atom is 0.267 e. The molecule has 4 nitrogen and oxygen atoms in total. The van der Waals surface area contributed by atoms with Gasteiger partial charge in [0.2, 0.25) is 0 Å². The van der Waals surface area contributed by atoms with Crippen LogP contribution < -0.4 is 5.32 Å². The topological polar surface area (TPSA) is 57.8 Å². The maximum absolute atomic E-state index is 13.9. The van der Waals surface area contributed by atoms with E-state index in [2.05, 4.69) is 28.4 Å². The minimum absolute atomic E-state index is 0.119. The van der Waals surface area contributed by atoms with Crippen LogP contribution in [0, 0.1) is 19.7 Å². The van der Waals surface area contributed by atoms with Crippen LogP contribution in [0.25, 0.3) is 11.0 Å².